The molecular formula is C21H22Cl3F3N6OS. The molecule has 4 aromatic rings. The van der Waals surface area contributed by atoms with Crippen molar-refractivity contribution < 1.29 is 18.0 Å². The number of hydrogen-bond acceptors (Lipinski definition) is 6. The van der Waals surface area contributed by atoms with Gasteiger partial charge in [-0.15, -0.1) is 48.6 Å². The van der Waals surface area contributed by atoms with E-state index >= 15 is 0 Å². The maximum Gasteiger partial charge on any atom is 0.271 e. The van der Waals surface area contributed by atoms with Gasteiger partial charge < -0.3 is 15.6 Å². The average molecular weight is 570 g/mol. The summed E-state index contributed by atoms with van der Waals surface area (Å²) in [4.78, 5) is 27.6. The number of H-pyrrole nitrogens is 1. The average Bonchev–Trinajstić information content (AvgIpc) is 3.39. The number of aromatic nitrogens is 4. The van der Waals surface area contributed by atoms with Gasteiger partial charge in [0.15, 0.2) is 0 Å². The van der Waals surface area contributed by atoms with Crippen LogP contribution in [-0.2, 0) is 19.4 Å². The van der Waals surface area contributed by atoms with Crippen LogP contribution < -0.4 is 10.6 Å². The van der Waals surface area contributed by atoms with Crippen LogP contribution in [0, 0.1) is 17.5 Å². The molecule has 0 radical (unpaired) electrons. The van der Waals surface area contributed by atoms with Gasteiger partial charge in [0.2, 0.25) is 0 Å². The summed E-state index contributed by atoms with van der Waals surface area (Å²) in [6.45, 7) is 1.18. The predicted molar refractivity (Wildman–Crippen MR) is 136 cm³/mol. The van der Waals surface area contributed by atoms with Crippen LogP contribution in [0.15, 0.2) is 35.8 Å². The maximum absolute atomic E-state index is 13.6. The van der Waals surface area contributed by atoms with Crippen molar-refractivity contribution in [2.45, 2.75) is 19.4 Å². The number of benzene rings is 1. The van der Waals surface area contributed by atoms with E-state index in [0.717, 1.165) is 28.6 Å². The van der Waals surface area contributed by atoms with Gasteiger partial charge in [-0.25, -0.2) is 23.1 Å². The molecule has 0 atom stereocenters. The number of carbonyl (C=O) groups excluding carboxylic acids is 1. The number of pyridine rings is 1. The number of hydrogen-bond donors (Lipinski definition) is 3. The quantitative estimate of drug-likeness (QED) is 0.260. The summed E-state index contributed by atoms with van der Waals surface area (Å²) in [5.74, 6) is -1.57. The van der Waals surface area contributed by atoms with Crippen LogP contribution in [0.4, 0.5) is 13.2 Å². The van der Waals surface area contributed by atoms with Gasteiger partial charge in [0.1, 0.15) is 29.0 Å². The second kappa shape index (κ2) is 14.2. The monoisotopic (exact) mass is 568 g/mol. The van der Waals surface area contributed by atoms with Gasteiger partial charge in [-0.3, -0.25) is 9.78 Å². The number of amides is 1. The first-order chi connectivity index (χ1) is 15.5. The van der Waals surface area contributed by atoms with Crippen LogP contribution in [0.25, 0.3) is 11.0 Å². The molecule has 0 aliphatic rings. The number of thiazole rings is 1. The summed E-state index contributed by atoms with van der Waals surface area (Å²) in [5.41, 5.74) is 1.59. The fourth-order valence-corrected chi connectivity index (χ4v) is 3.82. The summed E-state index contributed by atoms with van der Waals surface area (Å²) >= 11 is 1.36. The van der Waals surface area contributed by atoms with Crippen molar-refractivity contribution in [3.8, 4) is 0 Å². The minimum atomic E-state index is -0.815. The highest BCUT2D eigenvalue weighted by atomic mass is 35.5. The predicted octanol–water partition coefficient (Wildman–Crippen LogP) is 4.40. The number of nitrogens with one attached hydrogen (secondary N) is 3. The second-order valence-corrected chi connectivity index (χ2v) is 7.93. The highest BCUT2D eigenvalue weighted by molar-refractivity contribution is 7.09. The van der Waals surface area contributed by atoms with E-state index in [4.69, 9.17) is 0 Å². The summed E-state index contributed by atoms with van der Waals surface area (Å²) < 4.78 is 39.7. The van der Waals surface area contributed by atoms with Crippen LogP contribution in [0.1, 0.15) is 27.0 Å². The standard InChI is InChI=1S/C21H19F3N6OS.3ClH/c22-12-1-2-15-16(8-12)29-19(28-15)3-5-25-6-4-20-30-18(11-32-20)21(31)27-10-17-14(24)7-13(23)9-26-17;;;/h1-2,7-9,11,25H,3-6,10H2,(H,27,31)(H,28,29);3*1H. The zero-order chi connectivity index (χ0) is 22.5. The minimum absolute atomic E-state index is 0. The highest BCUT2D eigenvalue weighted by Crippen LogP contribution is 2.13. The van der Waals surface area contributed by atoms with Gasteiger partial charge in [-0.1, -0.05) is 0 Å². The largest absolute Gasteiger partial charge is 0.345 e. The van der Waals surface area contributed by atoms with Crippen molar-refractivity contribution in [3.05, 3.63) is 75.5 Å². The van der Waals surface area contributed by atoms with E-state index < -0.39 is 17.5 Å². The number of fused-ring (bicyclic) bond motifs is 1. The number of aromatic amines is 1. The Morgan fingerprint density at radius 1 is 1.00 bits per heavy atom. The third-order valence-electron chi connectivity index (χ3n) is 4.63. The van der Waals surface area contributed by atoms with Crippen LogP contribution in [-0.4, -0.2) is 38.9 Å². The number of imidazole rings is 1. The molecule has 3 N–H and O–H groups in total. The van der Waals surface area contributed by atoms with Crippen molar-refractivity contribution in [1.29, 1.82) is 0 Å². The lowest BCUT2D eigenvalue weighted by atomic mass is 10.3. The molecule has 1 aromatic carbocycles. The molecule has 0 aliphatic carbocycles. The molecule has 35 heavy (non-hydrogen) atoms. The van der Waals surface area contributed by atoms with Crippen molar-refractivity contribution in [2.75, 3.05) is 13.1 Å². The fourth-order valence-electron chi connectivity index (χ4n) is 3.04. The van der Waals surface area contributed by atoms with Gasteiger partial charge >= 0.3 is 0 Å². The topological polar surface area (TPSA) is 95.6 Å². The van der Waals surface area contributed by atoms with Crippen LogP contribution in [0.3, 0.4) is 0 Å². The summed E-state index contributed by atoms with van der Waals surface area (Å²) in [5, 5.41) is 8.23. The van der Waals surface area contributed by atoms with Crippen LogP contribution in [0.2, 0.25) is 0 Å². The molecule has 0 fully saturated rings. The molecule has 0 aliphatic heterocycles. The third-order valence-corrected chi connectivity index (χ3v) is 5.54. The molecule has 3 aromatic heterocycles. The molecule has 0 bridgehead atoms. The van der Waals surface area contributed by atoms with Crippen molar-refractivity contribution in [2.24, 2.45) is 0 Å². The Bertz CT molecular complexity index is 1260. The number of rotatable bonds is 9. The normalized spacial score (nSPS) is 10.3. The van der Waals surface area contributed by atoms with Gasteiger partial charge in [0.25, 0.3) is 5.91 Å². The fraction of sp³-hybridized carbons (Fsp3) is 0.238. The Labute approximate surface area is 221 Å². The molecule has 1 amide bonds. The van der Waals surface area contributed by atoms with E-state index in [-0.39, 0.29) is 61.0 Å². The van der Waals surface area contributed by atoms with Gasteiger partial charge in [0.05, 0.1) is 34.5 Å². The molecule has 14 heteroatoms. The van der Waals surface area contributed by atoms with E-state index in [2.05, 4.69) is 30.6 Å². The summed E-state index contributed by atoms with van der Waals surface area (Å²) in [6, 6.07) is 5.16. The SMILES string of the molecule is Cl.Cl.Cl.O=C(NCc1ncc(F)cc1F)c1csc(CCNCCc2nc3ccc(F)cc3[nH]2)n1. The zero-order valence-corrected chi connectivity index (χ0v) is 21.3. The van der Waals surface area contributed by atoms with Gasteiger partial charge in [0, 0.05) is 37.4 Å². The molecule has 0 spiro atoms. The van der Waals surface area contributed by atoms with Gasteiger partial charge in [-0.2, -0.15) is 0 Å². The van der Waals surface area contributed by atoms with Crippen molar-refractivity contribution >= 4 is 65.5 Å². The van der Waals surface area contributed by atoms with E-state index in [9.17, 15) is 18.0 Å². The molecule has 0 saturated carbocycles. The van der Waals surface area contributed by atoms with E-state index in [0.29, 0.717) is 31.4 Å². The number of carbonyl (C=O) groups is 1. The Kier molecular flexibility index (Phi) is 12.4. The van der Waals surface area contributed by atoms with E-state index in [1.807, 2.05) is 0 Å². The molecule has 4 rings (SSSR count). The van der Waals surface area contributed by atoms with Gasteiger partial charge in [-0.05, 0) is 18.2 Å². The first-order valence-corrected chi connectivity index (χ1v) is 10.7. The second-order valence-electron chi connectivity index (χ2n) is 6.99. The lowest BCUT2D eigenvalue weighted by Crippen LogP contribution is -2.24. The molecule has 7 nitrogen and oxygen atoms in total. The van der Waals surface area contributed by atoms with Crippen LogP contribution in [0.5, 0.6) is 0 Å². The molecule has 3 heterocycles. The molecular weight excluding hydrogens is 548 g/mol. The molecule has 190 valence electrons. The third kappa shape index (κ3) is 8.32. The minimum Gasteiger partial charge on any atom is -0.345 e. The lowest BCUT2D eigenvalue weighted by molar-refractivity contribution is 0.0945. The molecule has 0 saturated heterocycles. The summed E-state index contributed by atoms with van der Waals surface area (Å²) in [7, 11) is 0. The first-order valence-electron chi connectivity index (χ1n) is 9.85. The van der Waals surface area contributed by atoms with E-state index in [1.165, 1.54) is 23.5 Å². The Morgan fingerprint density at radius 3 is 2.54 bits per heavy atom. The molecule has 0 unspecified atom stereocenters. The first kappa shape index (κ1) is 30.6. The van der Waals surface area contributed by atoms with Crippen molar-refractivity contribution in [3.63, 3.8) is 0 Å². The highest BCUT2D eigenvalue weighted by Gasteiger charge is 2.13. The Hall–Kier alpha value is -2.44. The summed E-state index contributed by atoms with van der Waals surface area (Å²) in [6.07, 6.45) is 2.19. The lowest BCUT2D eigenvalue weighted by Gasteiger charge is -2.04. The van der Waals surface area contributed by atoms with Crippen molar-refractivity contribution in [1.82, 2.24) is 30.6 Å². The number of nitrogens with zero attached hydrogens (tertiary/aromatic N) is 3. The van der Waals surface area contributed by atoms with E-state index in [1.54, 1.807) is 11.4 Å². The Morgan fingerprint density at radius 2 is 1.77 bits per heavy atom. The van der Waals surface area contributed by atoms with Crippen LogP contribution >= 0.6 is 48.6 Å². The Balaban J connectivity index is 0.00000204. The smallest absolute Gasteiger partial charge is 0.271 e. The zero-order valence-electron chi connectivity index (χ0n) is 18.0. The maximum atomic E-state index is 13.6. The number of halogens is 6.